The number of benzene rings is 1. The van der Waals surface area contributed by atoms with Crippen LogP contribution in [0, 0.1) is 11.8 Å². The van der Waals surface area contributed by atoms with Crippen molar-refractivity contribution in [3.63, 3.8) is 0 Å². The molecule has 3 nitrogen and oxygen atoms in total. The van der Waals surface area contributed by atoms with Gasteiger partial charge in [-0.3, -0.25) is 4.79 Å². The molecule has 0 fully saturated rings. The maximum atomic E-state index is 11.9. The van der Waals surface area contributed by atoms with E-state index in [0.717, 1.165) is 5.75 Å². The molecular formula is C15H23NO2. The van der Waals surface area contributed by atoms with E-state index < -0.39 is 0 Å². The van der Waals surface area contributed by atoms with Gasteiger partial charge in [-0.15, -0.1) is 0 Å². The number of carbonyl (C=O) groups excluding carboxylic acids is 1. The molecule has 0 spiro atoms. The van der Waals surface area contributed by atoms with Crippen molar-refractivity contribution < 1.29 is 9.53 Å². The molecule has 0 aromatic heterocycles. The topological polar surface area (TPSA) is 38.3 Å². The van der Waals surface area contributed by atoms with Gasteiger partial charge in [0.15, 0.2) is 0 Å². The van der Waals surface area contributed by atoms with Crippen LogP contribution in [-0.2, 0) is 0 Å². The van der Waals surface area contributed by atoms with Crippen molar-refractivity contribution >= 4 is 5.91 Å². The van der Waals surface area contributed by atoms with Crippen LogP contribution in [0.2, 0.25) is 0 Å². The Morgan fingerprint density at radius 3 is 2.56 bits per heavy atom. The molecule has 0 aliphatic carbocycles. The van der Waals surface area contributed by atoms with Crippen molar-refractivity contribution in [1.29, 1.82) is 0 Å². The molecule has 18 heavy (non-hydrogen) atoms. The predicted molar refractivity (Wildman–Crippen MR) is 73.9 cm³/mol. The predicted octanol–water partition coefficient (Wildman–Crippen LogP) is 3.11. The third kappa shape index (κ3) is 5.21. The molecule has 0 aliphatic heterocycles. The summed E-state index contributed by atoms with van der Waals surface area (Å²) in [6, 6.07) is 7.32. The minimum atomic E-state index is -0.0429. The fourth-order valence-electron chi connectivity index (χ4n) is 1.39. The lowest BCUT2D eigenvalue weighted by Crippen LogP contribution is -2.27. The van der Waals surface area contributed by atoms with E-state index in [1.54, 1.807) is 12.1 Å². The summed E-state index contributed by atoms with van der Waals surface area (Å²) in [5.74, 6) is 1.64. The first-order chi connectivity index (χ1) is 8.49. The molecule has 0 bridgehead atoms. The second-order valence-corrected chi connectivity index (χ2v) is 5.34. The second kappa shape index (κ2) is 7.04. The van der Waals surface area contributed by atoms with Gasteiger partial charge in [-0.2, -0.15) is 0 Å². The molecule has 0 saturated carbocycles. The number of rotatable bonds is 6. The highest BCUT2D eigenvalue weighted by atomic mass is 16.5. The third-order valence-corrected chi connectivity index (χ3v) is 2.35. The van der Waals surface area contributed by atoms with Crippen molar-refractivity contribution in [2.75, 3.05) is 13.2 Å². The molecule has 0 atom stereocenters. The van der Waals surface area contributed by atoms with Crippen molar-refractivity contribution in [1.82, 2.24) is 5.32 Å². The molecule has 3 heteroatoms. The van der Waals surface area contributed by atoms with Crippen LogP contribution in [0.3, 0.4) is 0 Å². The first kappa shape index (κ1) is 14.6. The number of nitrogens with one attached hydrogen (secondary N) is 1. The van der Waals surface area contributed by atoms with Gasteiger partial charge in [-0.1, -0.05) is 33.8 Å². The van der Waals surface area contributed by atoms with E-state index >= 15 is 0 Å². The molecular weight excluding hydrogens is 226 g/mol. The summed E-state index contributed by atoms with van der Waals surface area (Å²) in [4.78, 5) is 11.9. The maximum Gasteiger partial charge on any atom is 0.251 e. The molecule has 0 aliphatic rings. The Kier molecular flexibility index (Phi) is 5.69. The fourth-order valence-corrected chi connectivity index (χ4v) is 1.39. The highest BCUT2D eigenvalue weighted by Crippen LogP contribution is 2.14. The van der Waals surface area contributed by atoms with Gasteiger partial charge in [0, 0.05) is 12.1 Å². The molecule has 1 aromatic rings. The highest BCUT2D eigenvalue weighted by molar-refractivity contribution is 5.94. The molecule has 1 N–H and O–H groups in total. The standard InChI is InChI=1S/C15H23NO2/c1-11(2)9-16-15(17)13-6-5-7-14(8-13)18-10-12(3)4/h5-8,11-12H,9-10H2,1-4H3,(H,16,17). The summed E-state index contributed by atoms with van der Waals surface area (Å²) in [6.45, 7) is 9.69. The normalized spacial score (nSPS) is 10.8. The van der Waals surface area contributed by atoms with E-state index in [0.29, 0.717) is 30.6 Å². The monoisotopic (exact) mass is 249 g/mol. The van der Waals surface area contributed by atoms with E-state index in [9.17, 15) is 4.79 Å². The van der Waals surface area contributed by atoms with Gasteiger partial charge in [0.05, 0.1) is 6.61 Å². The molecule has 0 radical (unpaired) electrons. The SMILES string of the molecule is CC(C)CNC(=O)c1cccc(OCC(C)C)c1. The summed E-state index contributed by atoms with van der Waals surface area (Å²) in [7, 11) is 0. The summed E-state index contributed by atoms with van der Waals surface area (Å²) in [5, 5.41) is 2.90. The van der Waals surface area contributed by atoms with Gasteiger partial charge >= 0.3 is 0 Å². The van der Waals surface area contributed by atoms with Crippen LogP contribution in [0.5, 0.6) is 5.75 Å². The van der Waals surface area contributed by atoms with Gasteiger partial charge in [0.2, 0.25) is 0 Å². The average molecular weight is 249 g/mol. The molecule has 0 saturated heterocycles. The molecule has 1 amide bonds. The van der Waals surface area contributed by atoms with Crippen LogP contribution < -0.4 is 10.1 Å². The maximum absolute atomic E-state index is 11.9. The van der Waals surface area contributed by atoms with Crippen LogP contribution in [0.25, 0.3) is 0 Å². The van der Waals surface area contributed by atoms with E-state index in [1.807, 2.05) is 12.1 Å². The minimum Gasteiger partial charge on any atom is -0.493 e. The summed E-state index contributed by atoms with van der Waals surface area (Å²) < 4.78 is 5.60. The van der Waals surface area contributed by atoms with Crippen LogP contribution in [0.1, 0.15) is 38.1 Å². The second-order valence-electron chi connectivity index (χ2n) is 5.34. The summed E-state index contributed by atoms with van der Waals surface area (Å²) in [6.07, 6.45) is 0. The lowest BCUT2D eigenvalue weighted by atomic mass is 10.1. The van der Waals surface area contributed by atoms with E-state index in [2.05, 4.69) is 33.0 Å². The Bertz CT molecular complexity index is 386. The number of amides is 1. The van der Waals surface area contributed by atoms with Crippen molar-refractivity contribution in [2.45, 2.75) is 27.7 Å². The zero-order valence-electron chi connectivity index (χ0n) is 11.7. The number of carbonyl (C=O) groups is 1. The van der Waals surface area contributed by atoms with E-state index in [-0.39, 0.29) is 5.91 Å². The Balaban J connectivity index is 2.60. The van der Waals surface area contributed by atoms with Gasteiger partial charge < -0.3 is 10.1 Å². The summed E-state index contributed by atoms with van der Waals surface area (Å²) >= 11 is 0. The lowest BCUT2D eigenvalue weighted by Gasteiger charge is -2.11. The lowest BCUT2D eigenvalue weighted by molar-refractivity contribution is 0.0948. The molecule has 0 unspecified atom stereocenters. The summed E-state index contributed by atoms with van der Waals surface area (Å²) in [5.41, 5.74) is 0.650. The quantitative estimate of drug-likeness (QED) is 0.841. The van der Waals surface area contributed by atoms with Gasteiger partial charge in [0.1, 0.15) is 5.75 Å². The number of hydrogen-bond donors (Lipinski definition) is 1. The highest BCUT2D eigenvalue weighted by Gasteiger charge is 2.07. The Hall–Kier alpha value is -1.51. The Labute approximate surface area is 110 Å². The number of hydrogen-bond acceptors (Lipinski definition) is 2. The van der Waals surface area contributed by atoms with Gasteiger partial charge in [-0.05, 0) is 30.0 Å². The van der Waals surface area contributed by atoms with Crippen molar-refractivity contribution in [3.05, 3.63) is 29.8 Å². The minimum absolute atomic E-state index is 0.0429. The Morgan fingerprint density at radius 2 is 1.94 bits per heavy atom. The van der Waals surface area contributed by atoms with E-state index in [1.165, 1.54) is 0 Å². The van der Waals surface area contributed by atoms with Crippen LogP contribution >= 0.6 is 0 Å². The van der Waals surface area contributed by atoms with E-state index in [4.69, 9.17) is 4.74 Å². The zero-order chi connectivity index (χ0) is 13.5. The Morgan fingerprint density at radius 1 is 1.22 bits per heavy atom. The smallest absolute Gasteiger partial charge is 0.251 e. The fraction of sp³-hybridized carbons (Fsp3) is 0.533. The third-order valence-electron chi connectivity index (χ3n) is 2.35. The molecule has 0 heterocycles. The first-order valence-electron chi connectivity index (χ1n) is 6.50. The van der Waals surface area contributed by atoms with Crippen molar-refractivity contribution in [3.8, 4) is 5.75 Å². The van der Waals surface area contributed by atoms with Crippen LogP contribution in [0.4, 0.5) is 0 Å². The van der Waals surface area contributed by atoms with Crippen LogP contribution in [0.15, 0.2) is 24.3 Å². The van der Waals surface area contributed by atoms with Crippen LogP contribution in [-0.4, -0.2) is 19.1 Å². The largest absolute Gasteiger partial charge is 0.493 e. The molecule has 100 valence electrons. The van der Waals surface area contributed by atoms with Crippen molar-refractivity contribution in [2.24, 2.45) is 11.8 Å². The molecule has 1 rings (SSSR count). The number of ether oxygens (including phenoxy) is 1. The molecule has 1 aromatic carbocycles. The average Bonchev–Trinajstić information content (AvgIpc) is 2.33. The van der Waals surface area contributed by atoms with Gasteiger partial charge in [0.25, 0.3) is 5.91 Å². The first-order valence-corrected chi connectivity index (χ1v) is 6.50. The zero-order valence-corrected chi connectivity index (χ0v) is 11.7. The van der Waals surface area contributed by atoms with Gasteiger partial charge in [-0.25, -0.2) is 0 Å².